The number of nitrogens with zero attached hydrogens (tertiary/aromatic N) is 2. The maximum atomic E-state index is 12.7. The van der Waals surface area contributed by atoms with Crippen LogP contribution in [0.1, 0.15) is 35.4 Å². The first-order chi connectivity index (χ1) is 12.0. The quantitative estimate of drug-likeness (QED) is 0.853. The van der Waals surface area contributed by atoms with E-state index >= 15 is 0 Å². The van der Waals surface area contributed by atoms with Gasteiger partial charge in [-0.2, -0.15) is 11.3 Å². The molecule has 0 radical (unpaired) electrons. The van der Waals surface area contributed by atoms with Crippen molar-refractivity contribution < 1.29 is 4.79 Å². The summed E-state index contributed by atoms with van der Waals surface area (Å²) in [6.45, 7) is 5.75. The molecule has 2 heterocycles. The molecule has 4 nitrogen and oxygen atoms in total. The van der Waals surface area contributed by atoms with Gasteiger partial charge in [0.25, 0.3) is 0 Å². The van der Waals surface area contributed by atoms with Gasteiger partial charge in [0.2, 0.25) is 0 Å². The molecular formula is C20H27N3OS. The van der Waals surface area contributed by atoms with Crippen LogP contribution in [0.25, 0.3) is 0 Å². The van der Waals surface area contributed by atoms with Gasteiger partial charge in [0.15, 0.2) is 0 Å². The van der Waals surface area contributed by atoms with Crippen molar-refractivity contribution in [2.45, 2.75) is 32.6 Å². The standard InChI is InChI=1S/C20H27N3OS/c1-14-11-18(22(3)4)12-15(2)19(14)21-20(24)23-8-5-16(6-9-23)17-7-10-25-13-17/h7,10-13,16H,5-6,8-9H2,1-4H3,(H,21,24). The van der Waals surface area contributed by atoms with Gasteiger partial charge in [-0.25, -0.2) is 4.79 Å². The number of rotatable bonds is 3. The van der Waals surface area contributed by atoms with Crippen LogP contribution in [0.15, 0.2) is 29.0 Å². The number of piperidine rings is 1. The van der Waals surface area contributed by atoms with E-state index in [1.54, 1.807) is 11.3 Å². The lowest BCUT2D eigenvalue weighted by Gasteiger charge is -2.32. The van der Waals surface area contributed by atoms with Crippen LogP contribution < -0.4 is 10.2 Å². The molecule has 1 aliphatic heterocycles. The Labute approximate surface area is 154 Å². The van der Waals surface area contributed by atoms with Gasteiger partial charge >= 0.3 is 6.03 Å². The molecule has 1 N–H and O–H groups in total. The van der Waals surface area contributed by atoms with E-state index in [4.69, 9.17) is 0 Å². The highest BCUT2D eigenvalue weighted by Crippen LogP contribution is 2.30. The number of hydrogen-bond donors (Lipinski definition) is 1. The highest BCUT2D eigenvalue weighted by Gasteiger charge is 2.24. The van der Waals surface area contributed by atoms with Crippen molar-refractivity contribution in [3.05, 3.63) is 45.6 Å². The summed E-state index contributed by atoms with van der Waals surface area (Å²) in [6.07, 6.45) is 2.09. The van der Waals surface area contributed by atoms with Gasteiger partial charge in [0.1, 0.15) is 0 Å². The van der Waals surface area contributed by atoms with E-state index < -0.39 is 0 Å². The second-order valence-corrected chi connectivity index (χ2v) is 7.88. The molecule has 1 aromatic carbocycles. The van der Waals surface area contributed by atoms with Gasteiger partial charge < -0.3 is 15.1 Å². The Bertz CT molecular complexity index is 708. The fourth-order valence-corrected chi connectivity index (χ4v) is 4.25. The summed E-state index contributed by atoms with van der Waals surface area (Å²) in [5.41, 5.74) is 5.73. The van der Waals surface area contributed by atoms with Gasteiger partial charge in [-0.05, 0) is 78.3 Å². The van der Waals surface area contributed by atoms with Crippen LogP contribution >= 0.6 is 11.3 Å². The van der Waals surface area contributed by atoms with Gasteiger partial charge in [0.05, 0.1) is 0 Å². The molecule has 0 atom stereocenters. The van der Waals surface area contributed by atoms with Crippen molar-refractivity contribution in [3.8, 4) is 0 Å². The van der Waals surface area contributed by atoms with Crippen LogP contribution in [-0.2, 0) is 0 Å². The molecule has 134 valence electrons. The Morgan fingerprint density at radius 1 is 1.20 bits per heavy atom. The van der Waals surface area contributed by atoms with Crippen molar-refractivity contribution in [3.63, 3.8) is 0 Å². The summed E-state index contributed by atoms with van der Waals surface area (Å²) in [5, 5.41) is 7.51. The second kappa shape index (κ2) is 7.48. The van der Waals surface area contributed by atoms with Crippen LogP contribution in [0.5, 0.6) is 0 Å². The monoisotopic (exact) mass is 357 g/mol. The highest BCUT2D eigenvalue weighted by atomic mass is 32.1. The zero-order valence-electron chi connectivity index (χ0n) is 15.5. The zero-order chi connectivity index (χ0) is 18.0. The van der Waals surface area contributed by atoms with Gasteiger partial charge in [-0.15, -0.1) is 0 Å². The van der Waals surface area contributed by atoms with E-state index in [2.05, 4.69) is 53.0 Å². The van der Waals surface area contributed by atoms with E-state index in [1.807, 2.05) is 19.0 Å². The minimum absolute atomic E-state index is 0.0209. The minimum atomic E-state index is 0.0209. The summed E-state index contributed by atoms with van der Waals surface area (Å²) < 4.78 is 0. The van der Waals surface area contributed by atoms with E-state index in [9.17, 15) is 4.79 Å². The number of urea groups is 1. The first kappa shape index (κ1) is 17.8. The predicted octanol–water partition coefficient (Wildman–Crippen LogP) is 4.84. The summed E-state index contributed by atoms with van der Waals surface area (Å²) in [6, 6.07) is 6.47. The van der Waals surface area contributed by atoms with Crippen LogP contribution in [0.4, 0.5) is 16.2 Å². The lowest BCUT2D eigenvalue weighted by Crippen LogP contribution is -2.40. The van der Waals surface area contributed by atoms with Gasteiger partial charge in [-0.3, -0.25) is 0 Å². The van der Waals surface area contributed by atoms with E-state index in [0.29, 0.717) is 5.92 Å². The smallest absolute Gasteiger partial charge is 0.321 e. The summed E-state index contributed by atoms with van der Waals surface area (Å²) in [7, 11) is 4.06. The number of benzene rings is 1. The number of amides is 2. The number of aryl methyl sites for hydroxylation is 2. The van der Waals surface area contributed by atoms with Crippen molar-refractivity contribution in [2.24, 2.45) is 0 Å². The number of carbonyl (C=O) groups excluding carboxylic acids is 1. The molecule has 0 aliphatic carbocycles. The molecule has 0 spiro atoms. The van der Waals surface area contributed by atoms with E-state index in [-0.39, 0.29) is 6.03 Å². The Kier molecular flexibility index (Phi) is 5.33. The molecule has 0 unspecified atom stereocenters. The van der Waals surface area contributed by atoms with Crippen molar-refractivity contribution in [1.82, 2.24) is 4.90 Å². The Hall–Kier alpha value is -2.01. The molecule has 1 fully saturated rings. The molecular weight excluding hydrogens is 330 g/mol. The van der Waals surface area contributed by atoms with Crippen molar-refractivity contribution in [1.29, 1.82) is 0 Å². The topological polar surface area (TPSA) is 35.6 Å². The Morgan fingerprint density at radius 3 is 2.36 bits per heavy atom. The third-order valence-electron chi connectivity index (χ3n) is 5.06. The number of thiophene rings is 1. The molecule has 0 saturated carbocycles. The summed E-state index contributed by atoms with van der Waals surface area (Å²) >= 11 is 1.75. The molecule has 5 heteroatoms. The molecule has 2 amide bonds. The molecule has 25 heavy (non-hydrogen) atoms. The zero-order valence-corrected chi connectivity index (χ0v) is 16.3. The number of nitrogens with one attached hydrogen (secondary N) is 1. The van der Waals surface area contributed by atoms with Crippen LogP contribution in [-0.4, -0.2) is 38.1 Å². The average Bonchev–Trinajstić information content (AvgIpc) is 3.12. The summed E-state index contributed by atoms with van der Waals surface area (Å²) in [5.74, 6) is 0.596. The predicted molar refractivity (Wildman–Crippen MR) is 107 cm³/mol. The molecule has 0 bridgehead atoms. The largest absolute Gasteiger partial charge is 0.378 e. The lowest BCUT2D eigenvalue weighted by atomic mass is 9.91. The highest BCUT2D eigenvalue weighted by molar-refractivity contribution is 7.07. The second-order valence-electron chi connectivity index (χ2n) is 7.10. The van der Waals surface area contributed by atoms with Gasteiger partial charge in [-0.1, -0.05) is 0 Å². The van der Waals surface area contributed by atoms with Crippen molar-refractivity contribution >= 4 is 28.7 Å². The van der Waals surface area contributed by atoms with Crippen LogP contribution in [0.3, 0.4) is 0 Å². The number of likely N-dealkylation sites (tertiary alicyclic amines) is 1. The maximum absolute atomic E-state index is 12.7. The van der Waals surface area contributed by atoms with Crippen LogP contribution in [0.2, 0.25) is 0 Å². The molecule has 2 aromatic rings. The Morgan fingerprint density at radius 2 is 1.84 bits per heavy atom. The van der Waals surface area contributed by atoms with E-state index in [0.717, 1.165) is 48.4 Å². The molecule has 1 aliphatic rings. The first-order valence-corrected chi connectivity index (χ1v) is 9.76. The van der Waals surface area contributed by atoms with Crippen molar-refractivity contribution in [2.75, 3.05) is 37.4 Å². The number of hydrogen-bond acceptors (Lipinski definition) is 3. The first-order valence-electron chi connectivity index (χ1n) is 8.82. The molecule has 1 saturated heterocycles. The average molecular weight is 358 g/mol. The molecule has 1 aromatic heterocycles. The fourth-order valence-electron chi connectivity index (χ4n) is 3.51. The number of anilines is 2. The van der Waals surface area contributed by atoms with E-state index in [1.165, 1.54) is 5.56 Å². The summed E-state index contributed by atoms with van der Waals surface area (Å²) in [4.78, 5) is 16.7. The SMILES string of the molecule is Cc1cc(N(C)C)cc(C)c1NC(=O)N1CCC(c2ccsc2)CC1. The fraction of sp³-hybridized carbons (Fsp3) is 0.450. The Balaban J connectivity index is 1.63. The third-order valence-corrected chi connectivity index (χ3v) is 5.76. The van der Waals surface area contributed by atoms with Crippen LogP contribution in [0, 0.1) is 13.8 Å². The van der Waals surface area contributed by atoms with Gasteiger partial charge in [0, 0.05) is 38.6 Å². The maximum Gasteiger partial charge on any atom is 0.321 e. The molecule has 3 rings (SSSR count). The number of carbonyl (C=O) groups is 1. The normalized spacial score (nSPS) is 15.3. The minimum Gasteiger partial charge on any atom is -0.378 e. The lowest BCUT2D eigenvalue weighted by molar-refractivity contribution is 0.194. The third kappa shape index (κ3) is 3.98.